The van der Waals surface area contributed by atoms with Crippen molar-refractivity contribution in [3.8, 4) is 0 Å². The molecule has 9 atom stereocenters. The number of epoxide rings is 1. The van der Waals surface area contributed by atoms with E-state index in [1.54, 1.807) is 6.92 Å². The second-order valence-electron chi connectivity index (χ2n) is 7.92. The molecule has 7 nitrogen and oxygen atoms in total. The fourth-order valence-corrected chi connectivity index (χ4v) is 5.57. The fourth-order valence-electron chi connectivity index (χ4n) is 5.20. The number of aliphatic hydroxyl groups is 2. The maximum Gasteiger partial charge on any atom is 0.334 e. The number of ether oxygens (including phenoxy) is 3. The van der Waals surface area contributed by atoms with Gasteiger partial charge in [0, 0.05) is 18.4 Å². The highest BCUT2D eigenvalue weighted by Gasteiger charge is 2.87. The monoisotopic (exact) mass is 372 g/mol. The molecule has 4 rings (SSSR count). The first-order valence-corrected chi connectivity index (χ1v) is 8.73. The quantitative estimate of drug-likeness (QED) is 0.295. The zero-order chi connectivity index (χ0) is 18.5. The minimum absolute atomic E-state index is 0.152. The maximum atomic E-state index is 12.1. The number of carbonyl (C=O) groups excluding carboxylic acids is 2. The Morgan fingerprint density at radius 3 is 2.64 bits per heavy atom. The van der Waals surface area contributed by atoms with Crippen LogP contribution in [0.3, 0.4) is 0 Å². The summed E-state index contributed by atoms with van der Waals surface area (Å²) in [5.41, 5.74) is -4.07. The van der Waals surface area contributed by atoms with Crippen LogP contribution < -0.4 is 0 Å². The molecule has 0 bridgehead atoms. The summed E-state index contributed by atoms with van der Waals surface area (Å²) in [5.74, 6) is -2.39. The summed E-state index contributed by atoms with van der Waals surface area (Å²) in [4.78, 5) is 23.7. The van der Waals surface area contributed by atoms with Crippen LogP contribution in [0, 0.1) is 11.8 Å². The predicted molar refractivity (Wildman–Crippen MR) is 84.7 cm³/mol. The van der Waals surface area contributed by atoms with Gasteiger partial charge in [0.05, 0.1) is 16.9 Å². The Bertz CT molecular complexity index is 686. The summed E-state index contributed by atoms with van der Waals surface area (Å²) in [6.45, 7) is 8.11. The normalized spacial score (nSPS) is 56.4. The molecule has 2 saturated carbocycles. The van der Waals surface area contributed by atoms with Gasteiger partial charge in [0.15, 0.2) is 0 Å². The lowest BCUT2D eigenvalue weighted by Crippen LogP contribution is -2.59. The van der Waals surface area contributed by atoms with Crippen molar-refractivity contribution < 1.29 is 34.0 Å². The van der Waals surface area contributed by atoms with Crippen molar-refractivity contribution >= 4 is 23.5 Å². The van der Waals surface area contributed by atoms with Crippen molar-refractivity contribution in [1.29, 1.82) is 0 Å². The van der Waals surface area contributed by atoms with Gasteiger partial charge < -0.3 is 24.4 Å². The van der Waals surface area contributed by atoms with Crippen molar-refractivity contribution in [3.63, 3.8) is 0 Å². The molecule has 0 aromatic rings. The van der Waals surface area contributed by atoms with Crippen LogP contribution in [0.4, 0.5) is 0 Å². The van der Waals surface area contributed by atoms with E-state index < -0.39 is 64.3 Å². The first kappa shape index (κ1) is 17.3. The van der Waals surface area contributed by atoms with Crippen LogP contribution in [0.25, 0.3) is 0 Å². The van der Waals surface area contributed by atoms with Crippen molar-refractivity contribution in [2.75, 3.05) is 0 Å². The number of rotatable bonds is 1. The summed E-state index contributed by atoms with van der Waals surface area (Å²) in [6, 6.07) is 0. The van der Waals surface area contributed by atoms with Crippen LogP contribution in [0.2, 0.25) is 0 Å². The Kier molecular flexibility index (Phi) is 3.29. The van der Waals surface area contributed by atoms with Gasteiger partial charge in [-0.05, 0) is 20.3 Å². The highest BCUT2D eigenvalue weighted by atomic mass is 35.5. The van der Waals surface area contributed by atoms with Gasteiger partial charge in [-0.1, -0.05) is 6.58 Å². The Labute approximate surface area is 149 Å². The van der Waals surface area contributed by atoms with Crippen LogP contribution in [0.1, 0.15) is 27.2 Å². The van der Waals surface area contributed by atoms with E-state index in [9.17, 15) is 19.8 Å². The highest BCUT2D eigenvalue weighted by molar-refractivity contribution is 6.22. The maximum absolute atomic E-state index is 12.1. The summed E-state index contributed by atoms with van der Waals surface area (Å²) in [7, 11) is 0. The van der Waals surface area contributed by atoms with Gasteiger partial charge in [-0.25, -0.2) is 4.79 Å². The zero-order valence-corrected chi connectivity index (χ0v) is 14.9. The van der Waals surface area contributed by atoms with E-state index >= 15 is 0 Å². The number of hydrogen-bond donors (Lipinski definition) is 2. The largest absolute Gasteiger partial charge is 0.459 e. The van der Waals surface area contributed by atoms with Gasteiger partial charge in [-0.2, -0.15) is 0 Å². The molecule has 2 unspecified atom stereocenters. The Hall–Kier alpha value is -1.15. The van der Waals surface area contributed by atoms with E-state index in [4.69, 9.17) is 25.8 Å². The lowest BCUT2D eigenvalue weighted by molar-refractivity contribution is -0.184. The third-order valence-corrected chi connectivity index (χ3v) is 7.15. The van der Waals surface area contributed by atoms with E-state index in [-0.39, 0.29) is 12.0 Å². The highest BCUT2D eigenvalue weighted by Crippen LogP contribution is 2.69. The van der Waals surface area contributed by atoms with Crippen LogP contribution >= 0.6 is 11.6 Å². The van der Waals surface area contributed by atoms with Crippen LogP contribution in [-0.4, -0.2) is 62.6 Å². The van der Waals surface area contributed by atoms with E-state index in [0.29, 0.717) is 0 Å². The number of fused-ring (bicyclic) bond motifs is 2. The van der Waals surface area contributed by atoms with Gasteiger partial charge in [-0.15, -0.1) is 11.6 Å². The van der Waals surface area contributed by atoms with Crippen LogP contribution in [-0.2, 0) is 23.8 Å². The topological polar surface area (TPSA) is 106 Å². The van der Waals surface area contributed by atoms with Gasteiger partial charge in [-0.3, -0.25) is 4.79 Å². The third-order valence-electron chi connectivity index (χ3n) is 6.48. The van der Waals surface area contributed by atoms with Crippen molar-refractivity contribution in [2.24, 2.45) is 11.8 Å². The number of hydrogen-bond acceptors (Lipinski definition) is 7. The van der Waals surface area contributed by atoms with Crippen LogP contribution in [0.15, 0.2) is 12.2 Å². The Morgan fingerprint density at radius 2 is 2.04 bits per heavy atom. The summed E-state index contributed by atoms with van der Waals surface area (Å²) < 4.78 is 16.7. The first-order valence-electron chi connectivity index (χ1n) is 8.30. The molecular weight excluding hydrogens is 352 g/mol. The lowest BCUT2D eigenvalue weighted by atomic mass is 9.72. The van der Waals surface area contributed by atoms with Crippen LogP contribution in [0.5, 0.6) is 0 Å². The van der Waals surface area contributed by atoms with Crippen molar-refractivity contribution in [1.82, 2.24) is 0 Å². The number of esters is 2. The SMILES string of the molecule is C=C1C(=O)OC2C3[C@](C)(O)[C@@H](Cl)[C@@H]4O[C@]34[C@@](C)(O)[C@@H](OC(C)=O)C[C@@H]12. The molecule has 2 aliphatic carbocycles. The van der Waals surface area contributed by atoms with Gasteiger partial charge in [0.1, 0.15) is 29.5 Å². The number of halogens is 1. The summed E-state index contributed by atoms with van der Waals surface area (Å²) in [6.07, 6.45) is -2.18. The molecule has 0 radical (unpaired) electrons. The molecule has 4 aliphatic rings. The predicted octanol–water partition coefficient (Wildman–Crippen LogP) is 0.296. The zero-order valence-electron chi connectivity index (χ0n) is 14.2. The Balaban J connectivity index is 1.88. The minimum atomic E-state index is -1.61. The lowest BCUT2D eigenvalue weighted by Gasteiger charge is -2.41. The molecule has 2 N–H and O–H groups in total. The molecule has 2 heterocycles. The van der Waals surface area contributed by atoms with E-state index in [1.165, 1.54) is 13.8 Å². The molecule has 138 valence electrons. The van der Waals surface area contributed by atoms with Crippen molar-refractivity contribution in [2.45, 2.75) is 67.7 Å². The first-order chi connectivity index (χ1) is 11.5. The average molecular weight is 373 g/mol. The van der Waals surface area contributed by atoms with Gasteiger partial charge >= 0.3 is 11.9 Å². The molecule has 0 amide bonds. The van der Waals surface area contributed by atoms with Gasteiger partial charge in [0.25, 0.3) is 0 Å². The third kappa shape index (κ3) is 1.87. The van der Waals surface area contributed by atoms with E-state index in [1.807, 2.05) is 0 Å². The van der Waals surface area contributed by atoms with E-state index in [0.717, 1.165) is 0 Å². The second kappa shape index (κ2) is 4.76. The Morgan fingerprint density at radius 1 is 1.40 bits per heavy atom. The van der Waals surface area contributed by atoms with Gasteiger partial charge in [0.2, 0.25) is 0 Å². The number of alkyl halides is 1. The number of carbonyl (C=O) groups is 2. The summed E-state index contributed by atoms with van der Waals surface area (Å²) in [5, 5.41) is 21.6. The molecular formula is C17H21ClO7. The second-order valence-corrected chi connectivity index (χ2v) is 8.39. The molecule has 2 saturated heterocycles. The van der Waals surface area contributed by atoms with Crippen molar-refractivity contribution in [3.05, 3.63) is 12.2 Å². The molecule has 25 heavy (non-hydrogen) atoms. The minimum Gasteiger partial charge on any atom is -0.459 e. The molecule has 8 heteroatoms. The molecule has 0 aromatic carbocycles. The average Bonchev–Trinajstić information content (AvgIpc) is 3.14. The fraction of sp³-hybridized carbons (Fsp3) is 0.765. The molecule has 2 aliphatic heterocycles. The molecule has 1 spiro atoms. The molecule has 0 aromatic heterocycles. The summed E-state index contributed by atoms with van der Waals surface area (Å²) >= 11 is 6.41. The smallest absolute Gasteiger partial charge is 0.334 e. The molecule has 4 fully saturated rings. The standard InChI is InChI=1S/C17H21ClO7/c1-6-8-5-9(23-7(2)19)16(4,22)17-11(10(8)24-14(6)20)15(3,21)12(18)13(17)25-17/h8-13,21-22H,1,5H2,2-4H3/t8-,9-,10?,11?,12-,13-,15-,16-,17+/m0/s1. The van der Waals surface area contributed by atoms with E-state index in [2.05, 4.69) is 6.58 Å².